The minimum absolute atomic E-state index is 0.0310. The summed E-state index contributed by atoms with van der Waals surface area (Å²) in [5.74, 6) is 0.0553. The van der Waals surface area contributed by atoms with Crippen molar-refractivity contribution < 1.29 is 4.79 Å². The van der Waals surface area contributed by atoms with Gasteiger partial charge in [-0.1, -0.05) is 127 Å². The number of rotatable bonds is 2. The molecule has 4 aliphatic carbocycles. The number of ketones is 1. The highest BCUT2D eigenvalue weighted by atomic mass is 79.9. The van der Waals surface area contributed by atoms with Crippen molar-refractivity contribution in [2.24, 2.45) is 16.2 Å². The van der Waals surface area contributed by atoms with Crippen molar-refractivity contribution in [2.45, 2.75) is 34.6 Å². The van der Waals surface area contributed by atoms with Gasteiger partial charge in [0.25, 0.3) is 0 Å². The maximum atomic E-state index is 14.6. The Hall–Kier alpha value is -3.01. The monoisotopic (exact) mass is 648 g/mol. The zero-order valence-corrected chi connectivity index (χ0v) is 26.5. The normalized spacial score (nSPS) is 25.5. The van der Waals surface area contributed by atoms with Crippen molar-refractivity contribution in [2.75, 3.05) is 0 Å². The molecule has 0 spiro atoms. The van der Waals surface area contributed by atoms with Gasteiger partial charge in [-0.25, -0.2) is 0 Å². The summed E-state index contributed by atoms with van der Waals surface area (Å²) in [6.45, 7) is 11.5. The number of carbonyl (C=O) groups is 1. The number of halogens is 2. The van der Waals surface area contributed by atoms with Crippen LogP contribution in [0.5, 0.6) is 0 Å². The minimum Gasteiger partial charge on any atom is -0.289 e. The summed E-state index contributed by atoms with van der Waals surface area (Å²) >= 11 is 7.92. The van der Waals surface area contributed by atoms with E-state index in [1.165, 1.54) is 16.7 Å². The molecule has 0 heterocycles. The van der Waals surface area contributed by atoms with Crippen LogP contribution in [0.1, 0.15) is 45.0 Å². The third-order valence-corrected chi connectivity index (χ3v) is 11.0. The quantitative estimate of drug-likeness (QED) is 0.199. The minimum atomic E-state index is -0.330. The van der Waals surface area contributed by atoms with Crippen LogP contribution < -0.4 is 0 Å². The molecule has 0 saturated heterocycles. The van der Waals surface area contributed by atoms with Gasteiger partial charge in [0.05, 0.1) is 0 Å². The molecule has 3 aromatic rings. The van der Waals surface area contributed by atoms with Gasteiger partial charge in [0.15, 0.2) is 5.78 Å². The van der Waals surface area contributed by atoms with Crippen LogP contribution >= 0.6 is 31.9 Å². The van der Waals surface area contributed by atoms with Crippen LogP contribution in [-0.4, -0.2) is 5.78 Å². The van der Waals surface area contributed by atoms with Crippen molar-refractivity contribution >= 4 is 59.2 Å². The van der Waals surface area contributed by atoms with Crippen LogP contribution in [0.15, 0.2) is 133 Å². The fraction of sp³-hybridized carbons (Fsp3) is 0.216. The molecule has 0 fully saturated rings. The summed E-state index contributed by atoms with van der Waals surface area (Å²) in [6.07, 6.45) is 13.5. The van der Waals surface area contributed by atoms with Crippen LogP contribution in [0, 0.1) is 16.2 Å². The highest BCUT2D eigenvalue weighted by molar-refractivity contribution is 9.12. The third-order valence-electron chi connectivity index (χ3n) is 9.66. The van der Waals surface area contributed by atoms with Gasteiger partial charge in [0.1, 0.15) is 0 Å². The summed E-state index contributed by atoms with van der Waals surface area (Å²) < 4.78 is 2.12. The molecule has 0 unspecified atom stereocenters. The van der Waals surface area contributed by atoms with E-state index in [1.807, 2.05) is 24.3 Å². The molecule has 0 amide bonds. The number of fused-ring (bicyclic) bond motifs is 2. The topological polar surface area (TPSA) is 17.1 Å². The van der Waals surface area contributed by atoms with E-state index < -0.39 is 0 Å². The zero-order chi connectivity index (χ0) is 28.2. The number of hydrogen-bond acceptors (Lipinski definition) is 1. The first-order valence-corrected chi connectivity index (χ1v) is 15.4. The molecule has 0 aromatic heterocycles. The number of Topliss-reactive ketones (excluding diaryl/α,β-unsaturated/α-hetero) is 1. The van der Waals surface area contributed by atoms with E-state index in [9.17, 15) is 4.79 Å². The summed E-state index contributed by atoms with van der Waals surface area (Å²) in [5.41, 5.74) is 7.13. The second-order valence-electron chi connectivity index (χ2n) is 12.7. The molecule has 4 aliphatic rings. The molecule has 0 saturated carbocycles. The first-order valence-electron chi connectivity index (χ1n) is 13.8. The van der Waals surface area contributed by atoms with Gasteiger partial charge in [-0.2, -0.15) is 0 Å². The number of benzene rings is 3. The lowest BCUT2D eigenvalue weighted by atomic mass is 9.46. The standard InChI is InChI=1S/C37H30Br2O/c1-35(2,3)24-17-26-20-31(38)29-16-23(15-25-19-32(39)30(18-24)37(26,5)36(25,29)4)34(40)33-27-12-8-6-10-21(27)14-22-11-7-9-13-28(22)33/h6-20H,1-5H3/t36-,37+/m0/s1. The first-order chi connectivity index (χ1) is 18.9. The largest absolute Gasteiger partial charge is 0.289 e. The van der Waals surface area contributed by atoms with E-state index in [2.05, 4.69) is 133 Å². The SMILES string of the molecule is CC(C)(C)C1=CC2=C(Br)C=C3C=C(C(=O)c4c5ccccc5cc5ccccc45)C=C4C(Br)=CC(=C1)[C@@]2(C)[C@@]34C. The molecule has 0 aliphatic heterocycles. The van der Waals surface area contributed by atoms with Crippen molar-refractivity contribution in [1.29, 1.82) is 0 Å². The average Bonchev–Trinajstić information content (AvgIpc) is 2.91. The highest BCUT2D eigenvalue weighted by Gasteiger charge is 2.59. The Balaban J connectivity index is 1.49. The van der Waals surface area contributed by atoms with Crippen LogP contribution in [0.4, 0.5) is 0 Å². The van der Waals surface area contributed by atoms with Gasteiger partial charge in [-0.3, -0.25) is 4.79 Å². The maximum absolute atomic E-state index is 14.6. The Bertz CT molecular complexity index is 1880. The Labute approximate surface area is 252 Å². The number of carbonyl (C=O) groups excluding carboxylic acids is 1. The summed E-state index contributed by atoms with van der Waals surface area (Å²) in [7, 11) is 0. The molecule has 0 bridgehead atoms. The Morgan fingerprint density at radius 2 is 1.32 bits per heavy atom. The Kier molecular flexibility index (Phi) is 5.51. The molecule has 0 radical (unpaired) electrons. The van der Waals surface area contributed by atoms with Gasteiger partial charge in [0, 0.05) is 30.9 Å². The molecular weight excluding hydrogens is 620 g/mol. The van der Waals surface area contributed by atoms with Crippen LogP contribution in [0.25, 0.3) is 21.5 Å². The van der Waals surface area contributed by atoms with E-state index in [1.54, 1.807) is 0 Å². The van der Waals surface area contributed by atoms with Crippen LogP contribution in [-0.2, 0) is 0 Å². The second-order valence-corrected chi connectivity index (χ2v) is 14.4. The fourth-order valence-electron chi connectivity index (χ4n) is 7.12. The molecule has 2 atom stereocenters. The lowest BCUT2D eigenvalue weighted by molar-refractivity contribution is 0.103. The Morgan fingerprint density at radius 3 is 1.95 bits per heavy atom. The molecule has 0 N–H and O–H groups in total. The first kappa shape index (κ1) is 25.9. The molecule has 7 rings (SSSR count). The Morgan fingerprint density at radius 1 is 0.725 bits per heavy atom. The molecule has 3 aromatic carbocycles. The second kappa shape index (κ2) is 8.50. The van der Waals surface area contributed by atoms with E-state index in [-0.39, 0.29) is 22.0 Å². The van der Waals surface area contributed by atoms with Gasteiger partial charge in [0.2, 0.25) is 0 Å². The number of hydrogen-bond donors (Lipinski definition) is 0. The summed E-state index contributed by atoms with van der Waals surface area (Å²) in [6, 6.07) is 18.6. The molecular formula is C37H30Br2O. The van der Waals surface area contributed by atoms with Crippen LogP contribution in [0.3, 0.4) is 0 Å². The van der Waals surface area contributed by atoms with Gasteiger partial charge >= 0.3 is 0 Å². The van der Waals surface area contributed by atoms with Gasteiger partial charge in [-0.15, -0.1) is 0 Å². The summed E-state index contributed by atoms with van der Waals surface area (Å²) in [5, 5.41) is 4.13. The molecule has 198 valence electrons. The smallest absolute Gasteiger partial charge is 0.194 e. The van der Waals surface area contributed by atoms with Crippen molar-refractivity contribution in [3.63, 3.8) is 0 Å². The van der Waals surface area contributed by atoms with Gasteiger partial charge < -0.3 is 0 Å². The predicted molar refractivity (Wildman–Crippen MR) is 175 cm³/mol. The van der Waals surface area contributed by atoms with E-state index in [0.717, 1.165) is 47.2 Å². The lowest BCUT2D eigenvalue weighted by Gasteiger charge is -2.58. The van der Waals surface area contributed by atoms with Crippen molar-refractivity contribution in [1.82, 2.24) is 0 Å². The van der Waals surface area contributed by atoms with E-state index >= 15 is 0 Å². The molecule has 3 heteroatoms. The average molecular weight is 650 g/mol. The zero-order valence-electron chi connectivity index (χ0n) is 23.3. The predicted octanol–water partition coefficient (Wildman–Crippen LogP) is 10.8. The summed E-state index contributed by atoms with van der Waals surface area (Å²) in [4.78, 5) is 14.6. The highest BCUT2D eigenvalue weighted by Crippen LogP contribution is 2.69. The van der Waals surface area contributed by atoms with Crippen LogP contribution in [0.2, 0.25) is 0 Å². The van der Waals surface area contributed by atoms with E-state index in [0.29, 0.717) is 5.57 Å². The maximum Gasteiger partial charge on any atom is 0.194 e. The molecule has 40 heavy (non-hydrogen) atoms. The molecule has 1 nitrogen and oxygen atoms in total. The van der Waals surface area contributed by atoms with Crippen molar-refractivity contribution in [3.05, 3.63) is 139 Å². The third kappa shape index (κ3) is 3.34. The van der Waals surface area contributed by atoms with Crippen molar-refractivity contribution in [3.8, 4) is 0 Å². The lowest BCUT2D eigenvalue weighted by Crippen LogP contribution is -2.49. The number of allylic oxidation sites excluding steroid dienone is 14. The van der Waals surface area contributed by atoms with E-state index in [4.69, 9.17) is 0 Å². The van der Waals surface area contributed by atoms with Gasteiger partial charge in [-0.05, 0) is 85.2 Å². The fourth-order valence-corrected chi connectivity index (χ4v) is 8.63.